The van der Waals surface area contributed by atoms with Crippen LogP contribution in [0.1, 0.15) is 67.3 Å². The molecule has 2 saturated carbocycles. The van der Waals surface area contributed by atoms with Gasteiger partial charge in [-0.3, -0.25) is 24.6 Å². The van der Waals surface area contributed by atoms with E-state index in [-0.39, 0.29) is 40.6 Å². The molecule has 0 bridgehead atoms. The van der Waals surface area contributed by atoms with Gasteiger partial charge in [-0.25, -0.2) is 0 Å². The Balaban J connectivity index is 1.35. The molecule has 1 unspecified atom stereocenters. The molecule has 0 spiro atoms. The number of amides is 2. The van der Waals surface area contributed by atoms with Gasteiger partial charge in [-0.1, -0.05) is 18.2 Å². The van der Waals surface area contributed by atoms with E-state index >= 15 is 0 Å². The zero-order valence-electron chi connectivity index (χ0n) is 23.0. The summed E-state index contributed by atoms with van der Waals surface area (Å²) in [6.45, 7) is 1.13. The highest BCUT2D eigenvalue weighted by Gasteiger charge is 2.42. The first-order chi connectivity index (χ1) is 19.3. The highest BCUT2D eigenvalue weighted by Crippen LogP contribution is 2.35. The molecule has 0 radical (unpaired) electrons. The number of nitrogens with two attached hydrogens (primary N) is 1. The van der Waals surface area contributed by atoms with Crippen LogP contribution in [0.5, 0.6) is 5.75 Å². The second kappa shape index (κ2) is 12.3. The predicted molar refractivity (Wildman–Crippen MR) is 151 cm³/mol. The lowest BCUT2D eigenvalue weighted by Gasteiger charge is -2.43. The number of likely N-dealkylation sites (tertiary alicyclic amines) is 1. The van der Waals surface area contributed by atoms with Crippen LogP contribution in [0.3, 0.4) is 0 Å². The number of rotatable bonds is 9. The van der Waals surface area contributed by atoms with Gasteiger partial charge in [0.05, 0.1) is 12.0 Å². The normalized spacial score (nSPS) is 24.9. The van der Waals surface area contributed by atoms with Crippen molar-refractivity contribution in [1.82, 2.24) is 15.1 Å². The Labute approximate surface area is 235 Å². The summed E-state index contributed by atoms with van der Waals surface area (Å²) in [4.78, 5) is 42.4. The number of hydrogen-bond donors (Lipinski definition) is 2. The Morgan fingerprint density at radius 2 is 1.77 bits per heavy atom. The van der Waals surface area contributed by atoms with Crippen molar-refractivity contribution in [2.45, 2.75) is 88.1 Å². The second-order valence-electron chi connectivity index (χ2n) is 11.4. The smallest absolute Gasteiger partial charge is 0.269 e. The van der Waals surface area contributed by atoms with Gasteiger partial charge in [0.15, 0.2) is 0 Å². The molecule has 2 aromatic carbocycles. The fraction of sp³-hybridized carbons (Fsp3) is 0.533. The Bertz CT molecular complexity index is 1210. The lowest BCUT2D eigenvalue weighted by atomic mass is 9.90. The summed E-state index contributed by atoms with van der Waals surface area (Å²) in [6.07, 6.45) is 6.94. The average molecular weight is 550 g/mol. The van der Waals surface area contributed by atoms with Crippen molar-refractivity contribution in [3.05, 3.63) is 69.8 Å². The molecule has 2 aromatic rings. The molecule has 1 heterocycles. The minimum atomic E-state index is -0.592. The van der Waals surface area contributed by atoms with Gasteiger partial charge in [0.1, 0.15) is 11.8 Å². The molecule has 1 saturated heterocycles. The molecule has 2 atom stereocenters. The van der Waals surface area contributed by atoms with E-state index in [0.29, 0.717) is 36.9 Å². The van der Waals surface area contributed by atoms with Crippen molar-refractivity contribution in [1.29, 1.82) is 0 Å². The number of piperidine rings is 1. The van der Waals surface area contributed by atoms with E-state index in [9.17, 15) is 19.7 Å². The number of methoxy groups -OCH3 is 1. The van der Waals surface area contributed by atoms with Crippen LogP contribution >= 0.6 is 0 Å². The number of carbonyl (C=O) groups is 2. The van der Waals surface area contributed by atoms with E-state index in [0.717, 1.165) is 50.5 Å². The summed E-state index contributed by atoms with van der Waals surface area (Å²) in [6, 6.07) is 14.0. The van der Waals surface area contributed by atoms with Crippen LogP contribution in [0.2, 0.25) is 0 Å². The highest BCUT2D eigenvalue weighted by molar-refractivity contribution is 5.98. The number of hydrogen-bond acceptors (Lipinski definition) is 7. The van der Waals surface area contributed by atoms with Gasteiger partial charge in [-0.05, 0) is 75.1 Å². The summed E-state index contributed by atoms with van der Waals surface area (Å²) in [5, 5.41) is 14.3. The van der Waals surface area contributed by atoms with Crippen molar-refractivity contribution >= 4 is 17.5 Å². The fourth-order valence-corrected chi connectivity index (χ4v) is 6.12. The average Bonchev–Trinajstić information content (AvgIpc) is 3.82. The monoisotopic (exact) mass is 549 g/mol. The highest BCUT2D eigenvalue weighted by atomic mass is 16.6. The molecule has 2 amide bonds. The molecular weight excluding hydrogens is 510 g/mol. The van der Waals surface area contributed by atoms with Crippen LogP contribution in [0.25, 0.3) is 0 Å². The summed E-state index contributed by atoms with van der Waals surface area (Å²) in [5.74, 6) is 0.326. The van der Waals surface area contributed by atoms with Crippen molar-refractivity contribution in [2.75, 3.05) is 13.7 Å². The maximum absolute atomic E-state index is 13.8. The number of benzene rings is 2. The maximum atomic E-state index is 13.8. The van der Waals surface area contributed by atoms with E-state index in [1.807, 2.05) is 12.1 Å². The first-order valence-electron chi connectivity index (χ1n) is 14.3. The van der Waals surface area contributed by atoms with Crippen LogP contribution in [0.15, 0.2) is 48.5 Å². The number of nitrogens with zero attached hydrogens (tertiary/aromatic N) is 3. The van der Waals surface area contributed by atoms with Crippen LogP contribution in [-0.4, -0.2) is 70.4 Å². The van der Waals surface area contributed by atoms with Crippen LogP contribution in [0.4, 0.5) is 5.69 Å². The molecular formula is C30H39N5O5. The lowest BCUT2D eigenvalue weighted by Crippen LogP contribution is -2.58. The molecule has 40 heavy (non-hydrogen) atoms. The van der Waals surface area contributed by atoms with Gasteiger partial charge in [0.2, 0.25) is 5.91 Å². The summed E-state index contributed by atoms with van der Waals surface area (Å²) < 4.78 is 5.33. The predicted octanol–water partition coefficient (Wildman–Crippen LogP) is 3.63. The van der Waals surface area contributed by atoms with Crippen molar-refractivity contribution in [3.63, 3.8) is 0 Å². The van der Waals surface area contributed by atoms with E-state index in [1.54, 1.807) is 48.4 Å². The van der Waals surface area contributed by atoms with Gasteiger partial charge in [-0.15, -0.1) is 0 Å². The van der Waals surface area contributed by atoms with Gasteiger partial charge in [0, 0.05) is 55.0 Å². The van der Waals surface area contributed by atoms with Crippen LogP contribution in [-0.2, 0) is 11.3 Å². The third-order valence-electron chi connectivity index (χ3n) is 8.57. The van der Waals surface area contributed by atoms with Crippen LogP contribution < -0.4 is 15.8 Å². The number of non-ortho nitro benzene ring substituents is 1. The van der Waals surface area contributed by atoms with Gasteiger partial charge < -0.3 is 20.7 Å². The summed E-state index contributed by atoms with van der Waals surface area (Å²) >= 11 is 0. The Morgan fingerprint density at radius 3 is 2.42 bits per heavy atom. The standard InChI is InChI=1S/C30H39N5O5/c1-40-27-4-2-3-21(17-27)30(37)33-16-15-26(18-28(33)29(36)32-23-9-7-22(31)8-10-23)34(24-13-14-24)19-20-5-11-25(12-6-20)35(38)39/h2-6,11-12,17,22-24,26,28H,7-10,13-16,18-19,31H2,1H3,(H,32,36)/t22?,23?,26?,28-/m1/s1. The largest absolute Gasteiger partial charge is 0.497 e. The number of nitro groups is 1. The molecule has 0 aromatic heterocycles. The zero-order valence-corrected chi connectivity index (χ0v) is 23.0. The lowest BCUT2D eigenvalue weighted by molar-refractivity contribution is -0.384. The molecule has 3 fully saturated rings. The molecule has 214 valence electrons. The van der Waals surface area contributed by atoms with E-state index in [1.165, 1.54) is 0 Å². The van der Waals surface area contributed by atoms with Crippen molar-refractivity contribution in [3.8, 4) is 5.75 Å². The summed E-state index contributed by atoms with van der Waals surface area (Å²) in [7, 11) is 1.57. The van der Waals surface area contributed by atoms with Gasteiger partial charge in [0.25, 0.3) is 11.6 Å². The third kappa shape index (κ3) is 6.62. The molecule has 5 rings (SSSR count). The Hall–Kier alpha value is -3.50. The van der Waals surface area contributed by atoms with Gasteiger partial charge >= 0.3 is 0 Å². The SMILES string of the molecule is COc1cccc(C(=O)N2CCC(N(Cc3ccc([N+](=O)[O-])cc3)C3CC3)C[C@@H]2C(=O)NC2CCC(N)CC2)c1. The topological polar surface area (TPSA) is 131 Å². The third-order valence-corrected chi connectivity index (χ3v) is 8.57. The number of carbonyl (C=O) groups excluding carboxylic acids is 2. The van der Waals surface area contributed by atoms with E-state index in [2.05, 4.69) is 10.2 Å². The molecule has 10 nitrogen and oxygen atoms in total. The Kier molecular flexibility index (Phi) is 8.66. The number of nitro benzene ring substituents is 1. The molecule has 3 aliphatic rings. The first-order valence-corrected chi connectivity index (χ1v) is 14.3. The minimum absolute atomic E-state index is 0.0705. The van der Waals surface area contributed by atoms with E-state index in [4.69, 9.17) is 10.5 Å². The second-order valence-corrected chi connectivity index (χ2v) is 11.4. The minimum Gasteiger partial charge on any atom is -0.497 e. The van der Waals surface area contributed by atoms with Crippen molar-refractivity contribution < 1.29 is 19.2 Å². The molecule has 3 N–H and O–H groups in total. The van der Waals surface area contributed by atoms with Crippen LogP contribution in [0, 0.1) is 10.1 Å². The quantitative estimate of drug-likeness (QED) is 0.361. The number of nitrogens with one attached hydrogen (secondary N) is 1. The first kappa shape index (κ1) is 28.0. The zero-order chi connectivity index (χ0) is 28.2. The number of ether oxygens (including phenoxy) is 1. The Morgan fingerprint density at radius 1 is 1.05 bits per heavy atom. The molecule has 10 heteroatoms. The fourth-order valence-electron chi connectivity index (χ4n) is 6.12. The molecule has 2 aliphatic carbocycles. The van der Waals surface area contributed by atoms with E-state index < -0.39 is 6.04 Å². The summed E-state index contributed by atoms with van der Waals surface area (Å²) in [5.41, 5.74) is 7.66. The van der Waals surface area contributed by atoms with Gasteiger partial charge in [-0.2, -0.15) is 0 Å². The van der Waals surface area contributed by atoms with Crippen molar-refractivity contribution in [2.24, 2.45) is 5.73 Å². The molecule has 1 aliphatic heterocycles. The maximum Gasteiger partial charge on any atom is 0.269 e.